The molecule has 1 rings (SSSR count). The van der Waals surface area contributed by atoms with Gasteiger partial charge in [0.1, 0.15) is 0 Å². The van der Waals surface area contributed by atoms with Gasteiger partial charge in [0.25, 0.3) is 0 Å². The molecular weight excluding hydrogens is 244 g/mol. The van der Waals surface area contributed by atoms with Crippen molar-refractivity contribution in [2.24, 2.45) is 5.41 Å². The number of nitrogens with one attached hydrogen (secondary N) is 1. The Hall–Kier alpha value is -0.0800. The molecule has 0 spiro atoms. The third-order valence-electron chi connectivity index (χ3n) is 4.89. The summed E-state index contributed by atoms with van der Waals surface area (Å²) in [5, 5.41) is 3.67. The Balaban J connectivity index is 2.60. The van der Waals surface area contributed by atoms with Crippen LogP contribution in [0.3, 0.4) is 0 Å². The molecular formula is C18H38N2. The largest absolute Gasteiger partial charge is 0.316 e. The van der Waals surface area contributed by atoms with Gasteiger partial charge in [0.2, 0.25) is 0 Å². The van der Waals surface area contributed by atoms with Crippen molar-refractivity contribution in [3.05, 3.63) is 0 Å². The highest BCUT2D eigenvalue weighted by Crippen LogP contribution is 2.28. The highest BCUT2D eigenvalue weighted by molar-refractivity contribution is 4.84. The fraction of sp³-hybridized carbons (Fsp3) is 1.00. The lowest BCUT2D eigenvalue weighted by molar-refractivity contribution is 0.109. The van der Waals surface area contributed by atoms with E-state index in [1.165, 1.54) is 71.0 Å². The van der Waals surface area contributed by atoms with Crippen LogP contribution >= 0.6 is 0 Å². The quantitative estimate of drug-likeness (QED) is 0.629. The molecule has 1 heterocycles. The molecule has 20 heavy (non-hydrogen) atoms. The fourth-order valence-electron chi connectivity index (χ4n) is 3.79. The Bertz CT molecular complexity index is 242. The molecule has 1 fully saturated rings. The Morgan fingerprint density at radius 3 is 2.55 bits per heavy atom. The number of likely N-dealkylation sites (tertiary alicyclic amines) is 1. The van der Waals surface area contributed by atoms with E-state index in [9.17, 15) is 0 Å². The first-order chi connectivity index (χ1) is 9.65. The van der Waals surface area contributed by atoms with Crippen LogP contribution in [0.5, 0.6) is 0 Å². The van der Waals surface area contributed by atoms with E-state index in [4.69, 9.17) is 0 Å². The molecule has 120 valence electrons. The molecule has 1 aliphatic rings. The van der Waals surface area contributed by atoms with E-state index in [-0.39, 0.29) is 0 Å². The third-order valence-corrected chi connectivity index (χ3v) is 4.89. The van der Waals surface area contributed by atoms with Gasteiger partial charge in [-0.3, -0.25) is 4.90 Å². The van der Waals surface area contributed by atoms with Crippen LogP contribution in [0.2, 0.25) is 0 Å². The lowest BCUT2D eigenvalue weighted by Gasteiger charge is -2.39. The van der Waals surface area contributed by atoms with E-state index in [0.717, 1.165) is 12.6 Å². The molecule has 0 saturated carbocycles. The number of nitrogens with zero attached hydrogens (tertiary/aromatic N) is 1. The molecule has 1 N–H and O–H groups in total. The van der Waals surface area contributed by atoms with Crippen molar-refractivity contribution in [2.75, 3.05) is 26.2 Å². The molecule has 2 atom stereocenters. The van der Waals surface area contributed by atoms with Crippen molar-refractivity contribution in [3.63, 3.8) is 0 Å². The molecule has 0 amide bonds. The van der Waals surface area contributed by atoms with Crippen LogP contribution in [0.25, 0.3) is 0 Å². The minimum Gasteiger partial charge on any atom is -0.316 e. The summed E-state index contributed by atoms with van der Waals surface area (Å²) in [6, 6.07) is 0.833. The van der Waals surface area contributed by atoms with Gasteiger partial charge >= 0.3 is 0 Å². The fourth-order valence-corrected chi connectivity index (χ4v) is 3.79. The zero-order valence-corrected chi connectivity index (χ0v) is 14.5. The van der Waals surface area contributed by atoms with E-state index >= 15 is 0 Å². The molecule has 2 heteroatoms. The molecule has 0 aromatic heterocycles. The second-order valence-electron chi connectivity index (χ2n) is 7.12. The zero-order chi connectivity index (χ0) is 14.8. The minimum atomic E-state index is 0.446. The Kier molecular flexibility index (Phi) is 8.79. The first kappa shape index (κ1) is 18.0. The van der Waals surface area contributed by atoms with Gasteiger partial charge in [-0.25, -0.2) is 0 Å². The molecule has 0 radical (unpaired) electrons. The molecule has 2 nitrogen and oxygen atoms in total. The van der Waals surface area contributed by atoms with Crippen LogP contribution in [-0.2, 0) is 0 Å². The van der Waals surface area contributed by atoms with Crippen molar-refractivity contribution in [1.29, 1.82) is 0 Å². The van der Waals surface area contributed by atoms with Gasteiger partial charge < -0.3 is 5.32 Å². The summed E-state index contributed by atoms with van der Waals surface area (Å²) in [5.74, 6) is 0. The summed E-state index contributed by atoms with van der Waals surface area (Å²) < 4.78 is 0. The maximum Gasteiger partial charge on any atom is 0.00928 e. The van der Waals surface area contributed by atoms with E-state index in [2.05, 4.69) is 37.9 Å². The second kappa shape index (κ2) is 9.78. The van der Waals surface area contributed by atoms with E-state index in [1.807, 2.05) is 0 Å². The molecule has 2 unspecified atom stereocenters. The topological polar surface area (TPSA) is 15.3 Å². The lowest BCUT2D eigenvalue weighted by atomic mass is 9.84. The summed E-state index contributed by atoms with van der Waals surface area (Å²) in [7, 11) is 0. The van der Waals surface area contributed by atoms with Gasteiger partial charge in [-0.05, 0) is 50.6 Å². The van der Waals surface area contributed by atoms with Crippen LogP contribution in [0.1, 0.15) is 79.1 Å². The zero-order valence-electron chi connectivity index (χ0n) is 14.5. The average molecular weight is 283 g/mol. The van der Waals surface area contributed by atoms with Gasteiger partial charge in [0.15, 0.2) is 0 Å². The Morgan fingerprint density at radius 1 is 1.10 bits per heavy atom. The second-order valence-corrected chi connectivity index (χ2v) is 7.12. The van der Waals surface area contributed by atoms with Crippen LogP contribution in [0.4, 0.5) is 0 Å². The average Bonchev–Trinajstić information content (AvgIpc) is 2.64. The summed E-state index contributed by atoms with van der Waals surface area (Å²) in [5.41, 5.74) is 0.446. The maximum atomic E-state index is 3.67. The first-order valence-electron chi connectivity index (χ1n) is 9.10. The Morgan fingerprint density at radius 2 is 1.90 bits per heavy atom. The monoisotopic (exact) mass is 282 g/mol. The first-order valence-corrected chi connectivity index (χ1v) is 9.10. The van der Waals surface area contributed by atoms with Gasteiger partial charge in [-0.1, -0.05) is 47.0 Å². The summed E-state index contributed by atoms with van der Waals surface area (Å²) in [4.78, 5) is 2.82. The van der Waals surface area contributed by atoms with Crippen molar-refractivity contribution in [2.45, 2.75) is 85.1 Å². The van der Waals surface area contributed by atoms with Crippen LogP contribution in [-0.4, -0.2) is 37.1 Å². The molecule has 1 saturated heterocycles. The molecule has 0 aliphatic carbocycles. The van der Waals surface area contributed by atoms with E-state index in [1.54, 1.807) is 0 Å². The lowest BCUT2D eigenvalue weighted by Crippen LogP contribution is -2.46. The van der Waals surface area contributed by atoms with Crippen LogP contribution in [0, 0.1) is 5.41 Å². The van der Waals surface area contributed by atoms with Gasteiger partial charge in [-0.2, -0.15) is 0 Å². The summed E-state index contributed by atoms with van der Waals surface area (Å²) >= 11 is 0. The molecule has 1 aliphatic heterocycles. The van der Waals surface area contributed by atoms with Crippen LogP contribution in [0.15, 0.2) is 0 Å². The Labute approximate surface area is 127 Å². The predicted octanol–water partition coefficient (Wildman–Crippen LogP) is 4.45. The van der Waals surface area contributed by atoms with E-state index in [0.29, 0.717) is 5.41 Å². The number of rotatable bonds is 9. The van der Waals surface area contributed by atoms with Gasteiger partial charge in [-0.15, -0.1) is 0 Å². The summed E-state index contributed by atoms with van der Waals surface area (Å²) in [6.45, 7) is 14.4. The predicted molar refractivity (Wildman–Crippen MR) is 90.3 cm³/mol. The smallest absolute Gasteiger partial charge is 0.00928 e. The number of hydrogen-bond acceptors (Lipinski definition) is 2. The summed E-state index contributed by atoms with van der Waals surface area (Å²) in [6.07, 6.45) is 10.9. The number of hydrogen-bond donors (Lipinski definition) is 1. The van der Waals surface area contributed by atoms with Gasteiger partial charge in [0.05, 0.1) is 0 Å². The molecule has 0 bridgehead atoms. The van der Waals surface area contributed by atoms with Crippen LogP contribution < -0.4 is 5.32 Å². The van der Waals surface area contributed by atoms with Crippen molar-refractivity contribution < 1.29 is 0 Å². The standard InChI is InChI=1S/C18H38N2/c1-5-12-18(4,15-19-13-6-2)16-20-14-10-8-9-11-17(20)7-3/h17,19H,5-16H2,1-4H3. The SMILES string of the molecule is CCCNCC(C)(CCC)CN1CCCCCC1CC. The van der Waals surface area contributed by atoms with Gasteiger partial charge in [0, 0.05) is 19.1 Å². The van der Waals surface area contributed by atoms with Crippen molar-refractivity contribution in [3.8, 4) is 0 Å². The highest BCUT2D eigenvalue weighted by atomic mass is 15.2. The highest BCUT2D eigenvalue weighted by Gasteiger charge is 2.29. The molecule has 0 aromatic rings. The normalized spacial score (nSPS) is 24.3. The minimum absolute atomic E-state index is 0.446. The third kappa shape index (κ3) is 6.13. The van der Waals surface area contributed by atoms with Crippen molar-refractivity contribution >= 4 is 0 Å². The van der Waals surface area contributed by atoms with E-state index < -0.39 is 0 Å². The maximum absolute atomic E-state index is 3.67. The van der Waals surface area contributed by atoms with Crippen molar-refractivity contribution in [1.82, 2.24) is 10.2 Å². The molecule has 0 aromatic carbocycles.